The predicted molar refractivity (Wildman–Crippen MR) is 134 cm³/mol. The molecule has 0 spiro atoms. The summed E-state index contributed by atoms with van der Waals surface area (Å²) in [4.78, 5) is 40.7. The number of aliphatic hydroxyl groups is 1. The number of nitrogens with one attached hydrogen (secondary N) is 3. The molecular formula is C24H27BrN4O6. The van der Waals surface area contributed by atoms with Gasteiger partial charge in [-0.25, -0.2) is 0 Å². The molecule has 0 saturated carbocycles. The van der Waals surface area contributed by atoms with Crippen LogP contribution in [0.2, 0.25) is 0 Å². The molecule has 0 saturated heterocycles. The number of Topliss-reactive ketones (excluding diaryl/α,β-unsaturated/α-hetero) is 1. The van der Waals surface area contributed by atoms with Crippen molar-refractivity contribution in [2.45, 2.75) is 31.8 Å². The summed E-state index contributed by atoms with van der Waals surface area (Å²) in [5, 5.41) is 37.2. The van der Waals surface area contributed by atoms with Crippen molar-refractivity contribution in [1.82, 2.24) is 10.6 Å². The second-order valence-electron chi connectivity index (χ2n) is 8.40. The number of phenolic OH excluding ortho intramolecular Hbond substituents is 1. The van der Waals surface area contributed by atoms with Gasteiger partial charge in [0.05, 0.1) is 25.6 Å². The van der Waals surface area contributed by atoms with E-state index >= 15 is 0 Å². The topological polar surface area (TPSA) is 160 Å². The van der Waals surface area contributed by atoms with E-state index in [4.69, 9.17) is 0 Å². The Morgan fingerprint density at radius 1 is 1.17 bits per heavy atom. The van der Waals surface area contributed by atoms with Crippen molar-refractivity contribution < 1.29 is 29.7 Å². The Kier molecular flexibility index (Phi) is 8.83. The zero-order chi connectivity index (χ0) is 25.5. The van der Waals surface area contributed by atoms with E-state index in [9.17, 15) is 29.7 Å². The number of aliphatic imine (C=N–C) groups is 1. The highest BCUT2D eigenvalue weighted by atomic mass is 79.9. The molecule has 0 aliphatic carbocycles. The van der Waals surface area contributed by atoms with Gasteiger partial charge < -0.3 is 31.3 Å². The number of β-amino-alcohol motifs (C(OH)–C–C–N with tert-alkyl or cyclic N) is 1. The number of halogens is 1. The number of carbonyl (C=O) groups excluding carboxylic acids is 2. The van der Waals surface area contributed by atoms with Gasteiger partial charge in [-0.1, -0.05) is 22.0 Å². The second kappa shape index (κ2) is 11.8. The minimum absolute atomic E-state index is 0.0489. The van der Waals surface area contributed by atoms with Crippen molar-refractivity contribution in [2.24, 2.45) is 4.99 Å². The number of hydrogen-bond donors (Lipinski definition) is 6. The van der Waals surface area contributed by atoms with Crippen LogP contribution in [0.5, 0.6) is 5.75 Å². The summed E-state index contributed by atoms with van der Waals surface area (Å²) in [5.74, 6) is -2.20. The molecular weight excluding hydrogens is 520 g/mol. The standard InChI is InChI=1S/C24H27BrN4O6/c1-13-2-14(4-17(25)3-13)15(8-22(33)34)6-20(31)10-26-23(35)16-5-18(9-19(30)7-16)29-24-27-11-21(32)12-28-24/h2-5,7,9,15,21,30,32H,6,8,10-12H2,1H3,(H,26,35)(H,33,34)(H2,27,28,29)/t15-/m0/s1. The molecule has 1 amide bonds. The fourth-order valence-electron chi connectivity index (χ4n) is 3.71. The number of rotatable bonds is 9. The first-order valence-corrected chi connectivity index (χ1v) is 11.7. The number of carboxylic acids is 1. The van der Waals surface area contributed by atoms with Crippen molar-refractivity contribution in [3.63, 3.8) is 0 Å². The number of guanidine groups is 1. The van der Waals surface area contributed by atoms with Gasteiger partial charge in [-0.15, -0.1) is 0 Å². The third-order valence-electron chi connectivity index (χ3n) is 5.29. The molecule has 1 heterocycles. The Hall–Kier alpha value is -3.44. The number of phenols is 1. The number of nitrogens with zero attached hydrogens (tertiary/aromatic N) is 1. The molecule has 6 N–H and O–H groups in total. The fourth-order valence-corrected chi connectivity index (χ4v) is 4.34. The number of ketones is 1. The molecule has 1 unspecified atom stereocenters. The molecule has 0 aromatic heterocycles. The SMILES string of the molecule is Cc1cc(Br)cc([C@H](CC(=O)O)CC(=O)CNC(=O)c2cc(O)cc(NC3=NCC(O)CN3)c2)c1. The lowest BCUT2D eigenvalue weighted by atomic mass is 9.90. The predicted octanol–water partition coefficient (Wildman–Crippen LogP) is 2.14. The van der Waals surface area contributed by atoms with Crippen LogP contribution in [0.4, 0.5) is 5.69 Å². The van der Waals surface area contributed by atoms with Crippen LogP contribution in [-0.2, 0) is 9.59 Å². The zero-order valence-electron chi connectivity index (χ0n) is 19.0. The number of anilines is 1. The molecule has 3 rings (SSSR count). The monoisotopic (exact) mass is 546 g/mol. The van der Waals surface area contributed by atoms with Gasteiger partial charge in [-0.05, 0) is 42.3 Å². The summed E-state index contributed by atoms with van der Waals surface area (Å²) in [6.45, 7) is 2.15. The summed E-state index contributed by atoms with van der Waals surface area (Å²) in [6.07, 6.45) is -0.843. The number of carboxylic acid groups (broad SMARTS) is 1. The smallest absolute Gasteiger partial charge is 0.303 e. The summed E-state index contributed by atoms with van der Waals surface area (Å²) in [5.41, 5.74) is 2.19. The van der Waals surface area contributed by atoms with Crippen LogP contribution in [-0.4, -0.2) is 64.7 Å². The van der Waals surface area contributed by atoms with Crippen molar-refractivity contribution >= 4 is 45.2 Å². The lowest BCUT2D eigenvalue weighted by Gasteiger charge is -2.20. The quantitative estimate of drug-likeness (QED) is 0.279. The fraction of sp³-hybridized carbons (Fsp3) is 0.333. The van der Waals surface area contributed by atoms with E-state index in [0.29, 0.717) is 18.2 Å². The minimum atomic E-state index is -1.02. The molecule has 10 nitrogen and oxygen atoms in total. The number of hydrogen-bond acceptors (Lipinski definition) is 8. The van der Waals surface area contributed by atoms with Gasteiger partial charge >= 0.3 is 5.97 Å². The Bertz CT molecular complexity index is 1130. The molecule has 186 valence electrons. The molecule has 35 heavy (non-hydrogen) atoms. The van der Waals surface area contributed by atoms with E-state index in [2.05, 4.69) is 36.9 Å². The van der Waals surface area contributed by atoms with Gasteiger partial charge in [0.15, 0.2) is 11.7 Å². The van der Waals surface area contributed by atoms with Crippen molar-refractivity contribution in [3.05, 3.63) is 57.6 Å². The lowest BCUT2D eigenvalue weighted by Crippen LogP contribution is -2.42. The molecule has 2 atom stereocenters. The Morgan fingerprint density at radius 3 is 2.60 bits per heavy atom. The Morgan fingerprint density at radius 2 is 1.94 bits per heavy atom. The third kappa shape index (κ3) is 8.08. The number of amides is 1. The summed E-state index contributed by atoms with van der Waals surface area (Å²) >= 11 is 3.40. The molecule has 0 bridgehead atoms. The van der Waals surface area contributed by atoms with Gasteiger partial charge in [-0.3, -0.25) is 19.4 Å². The van der Waals surface area contributed by atoms with Crippen LogP contribution in [0.1, 0.15) is 40.2 Å². The van der Waals surface area contributed by atoms with Crippen LogP contribution in [0, 0.1) is 6.92 Å². The van der Waals surface area contributed by atoms with Gasteiger partial charge in [0, 0.05) is 40.7 Å². The van der Waals surface area contributed by atoms with Gasteiger partial charge in [0.1, 0.15) is 5.75 Å². The van der Waals surface area contributed by atoms with Crippen LogP contribution in [0.15, 0.2) is 45.9 Å². The largest absolute Gasteiger partial charge is 0.508 e. The van der Waals surface area contributed by atoms with E-state index in [1.54, 1.807) is 6.07 Å². The first kappa shape index (κ1) is 26.2. The normalized spacial score (nSPS) is 16.0. The van der Waals surface area contributed by atoms with Crippen LogP contribution in [0.25, 0.3) is 0 Å². The van der Waals surface area contributed by atoms with Crippen LogP contribution < -0.4 is 16.0 Å². The number of benzene rings is 2. The first-order valence-electron chi connectivity index (χ1n) is 11.0. The summed E-state index contributed by atoms with van der Waals surface area (Å²) in [7, 11) is 0. The van der Waals surface area contributed by atoms with E-state index in [0.717, 1.165) is 15.6 Å². The first-order chi connectivity index (χ1) is 16.6. The highest BCUT2D eigenvalue weighted by Gasteiger charge is 2.21. The zero-order valence-corrected chi connectivity index (χ0v) is 20.6. The number of aliphatic carboxylic acids is 1. The van der Waals surface area contributed by atoms with Crippen molar-refractivity contribution in [1.29, 1.82) is 0 Å². The molecule has 1 aliphatic heterocycles. The number of carbonyl (C=O) groups is 3. The number of aryl methyl sites for hydroxylation is 1. The lowest BCUT2D eigenvalue weighted by molar-refractivity contribution is -0.137. The van der Waals surface area contributed by atoms with Gasteiger partial charge in [-0.2, -0.15) is 0 Å². The average molecular weight is 547 g/mol. The maximum Gasteiger partial charge on any atom is 0.303 e. The maximum atomic E-state index is 12.6. The molecule has 2 aromatic carbocycles. The average Bonchev–Trinajstić information content (AvgIpc) is 2.77. The van der Waals surface area contributed by atoms with E-state index in [-0.39, 0.29) is 43.0 Å². The highest BCUT2D eigenvalue weighted by molar-refractivity contribution is 9.10. The van der Waals surface area contributed by atoms with Crippen molar-refractivity contribution in [2.75, 3.05) is 25.0 Å². The number of aliphatic hydroxyl groups excluding tert-OH is 1. The molecule has 0 radical (unpaired) electrons. The van der Waals surface area contributed by atoms with E-state index < -0.39 is 23.9 Å². The molecule has 1 aliphatic rings. The summed E-state index contributed by atoms with van der Waals surface area (Å²) < 4.78 is 0.794. The number of aromatic hydroxyl groups is 1. The molecule has 0 fully saturated rings. The van der Waals surface area contributed by atoms with E-state index in [1.165, 1.54) is 18.2 Å². The van der Waals surface area contributed by atoms with Crippen molar-refractivity contribution in [3.8, 4) is 5.75 Å². The minimum Gasteiger partial charge on any atom is -0.508 e. The van der Waals surface area contributed by atoms with E-state index in [1.807, 2.05) is 19.1 Å². The van der Waals surface area contributed by atoms with Gasteiger partial charge in [0.2, 0.25) is 0 Å². The Labute approximate surface area is 210 Å². The molecule has 2 aromatic rings. The van der Waals surface area contributed by atoms with Crippen LogP contribution >= 0.6 is 15.9 Å². The second-order valence-corrected chi connectivity index (χ2v) is 9.32. The third-order valence-corrected chi connectivity index (χ3v) is 5.74. The van der Waals surface area contributed by atoms with Gasteiger partial charge in [0.25, 0.3) is 5.91 Å². The Balaban J connectivity index is 1.63. The summed E-state index contributed by atoms with van der Waals surface area (Å²) in [6, 6.07) is 9.70. The maximum absolute atomic E-state index is 12.6. The molecule has 11 heteroatoms. The highest BCUT2D eigenvalue weighted by Crippen LogP contribution is 2.28. The van der Waals surface area contributed by atoms with Crippen LogP contribution in [0.3, 0.4) is 0 Å².